The molecule has 0 saturated carbocycles. The topological polar surface area (TPSA) is 59.1 Å². The Balaban J connectivity index is 1.49. The van der Waals surface area contributed by atoms with Crippen LogP contribution < -0.4 is 5.32 Å². The fourth-order valence-corrected chi connectivity index (χ4v) is 3.77. The van der Waals surface area contributed by atoms with Gasteiger partial charge in [-0.1, -0.05) is 36.4 Å². The minimum absolute atomic E-state index is 0.00376. The lowest BCUT2D eigenvalue weighted by Crippen LogP contribution is -2.12. The molecule has 0 unspecified atom stereocenters. The number of aromatic nitrogens is 1. The first-order valence-corrected chi connectivity index (χ1v) is 9.25. The molecule has 2 aromatic heterocycles. The van der Waals surface area contributed by atoms with Crippen LogP contribution in [0.25, 0.3) is 0 Å². The Kier molecular flexibility index (Phi) is 5.51. The van der Waals surface area contributed by atoms with Gasteiger partial charge in [0.25, 0.3) is 0 Å². The lowest BCUT2D eigenvalue weighted by molar-refractivity contribution is -0.116. The molecular formula is C18H16N2O2S2. The Bertz CT molecular complexity index is 811. The van der Waals surface area contributed by atoms with Crippen molar-refractivity contribution in [1.82, 2.24) is 4.98 Å². The molecule has 3 aromatic rings. The zero-order chi connectivity index (χ0) is 16.8. The molecule has 0 saturated heterocycles. The lowest BCUT2D eigenvalue weighted by atomic mass is 10.1. The van der Waals surface area contributed by atoms with E-state index in [1.165, 1.54) is 28.2 Å². The van der Waals surface area contributed by atoms with Crippen molar-refractivity contribution in [3.05, 3.63) is 69.4 Å². The van der Waals surface area contributed by atoms with Gasteiger partial charge in [0.15, 0.2) is 10.9 Å². The average molecular weight is 356 g/mol. The maximum atomic E-state index is 12.0. The van der Waals surface area contributed by atoms with Crippen LogP contribution in [0.5, 0.6) is 0 Å². The second-order valence-electron chi connectivity index (χ2n) is 5.24. The number of ketones is 1. The number of nitrogens with zero attached hydrogens (tertiary/aromatic N) is 1. The summed E-state index contributed by atoms with van der Waals surface area (Å²) in [5.74, 6) is -0.176. The van der Waals surface area contributed by atoms with E-state index < -0.39 is 0 Å². The normalized spacial score (nSPS) is 10.5. The number of thiazole rings is 1. The second-order valence-corrected chi connectivity index (χ2v) is 7.31. The van der Waals surface area contributed by atoms with Crippen LogP contribution in [0.2, 0.25) is 0 Å². The molecule has 24 heavy (non-hydrogen) atoms. The number of amides is 1. The number of rotatable bonds is 7. The van der Waals surface area contributed by atoms with Crippen molar-refractivity contribution in [2.24, 2.45) is 0 Å². The summed E-state index contributed by atoms with van der Waals surface area (Å²) in [6.07, 6.45) is 2.97. The monoisotopic (exact) mass is 356 g/mol. The second kappa shape index (κ2) is 7.99. The first kappa shape index (κ1) is 16.5. The fraction of sp³-hybridized carbons (Fsp3) is 0.167. The molecule has 0 aliphatic carbocycles. The summed E-state index contributed by atoms with van der Waals surface area (Å²) in [6, 6.07) is 13.7. The van der Waals surface area contributed by atoms with Gasteiger partial charge < -0.3 is 5.32 Å². The van der Waals surface area contributed by atoms with Crippen molar-refractivity contribution in [3.63, 3.8) is 0 Å². The Morgan fingerprint density at radius 1 is 1.04 bits per heavy atom. The average Bonchev–Trinajstić information content (AvgIpc) is 3.26. The van der Waals surface area contributed by atoms with Crippen molar-refractivity contribution >= 4 is 39.5 Å². The molecule has 2 heterocycles. The number of hydrogen-bond acceptors (Lipinski definition) is 5. The molecular weight excluding hydrogens is 340 g/mol. The highest BCUT2D eigenvalue weighted by Gasteiger charge is 2.12. The number of thiophene rings is 1. The highest BCUT2D eigenvalue weighted by molar-refractivity contribution is 7.15. The van der Waals surface area contributed by atoms with Crippen molar-refractivity contribution in [2.45, 2.75) is 19.3 Å². The van der Waals surface area contributed by atoms with Crippen LogP contribution in [0, 0.1) is 0 Å². The SMILES string of the molecule is O=C(CCC(=O)c1cccs1)Nc1ncc(Cc2ccccc2)s1. The third-order valence-electron chi connectivity index (χ3n) is 3.40. The highest BCUT2D eigenvalue weighted by Crippen LogP contribution is 2.21. The third-order valence-corrected chi connectivity index (χ3v) is 5.22. The molecule has 0 atom stereocenters. The number of hydrogen-bond donors (Lipinski definition) is 1. The van der Waals surface area contributed by atoms with Crippen molar-refractivity contribution < 1.29 is 9.59 Å². The molecule has 122 valence electrons. The van der Waals surface area contributed by atoms with E-state index in [1.54, 1.807) is 12.3 Å². The van der Waals surface area contributed by atoms with Crippen molar-refractivity contribution in [1.29, 1.82) is 0 Å². The maximum Gasteiger partial charge on any atom is 0.226 e. The van der Waals surface area contributed by atoms with Gasteiger partial charge in [-0.2, -0.15) is 0 Å². The summed E-state index contributed by atoms with van der Waals surface area (Å²) >= 11 is 2.86. The Labute approximate surface area is 148 Å². The van der Waals surface area contributed by atoms with Crippen LogP contribution in [0.4, 0.5) is 5.13 Å². The molecule has 0 spiro atoms. The zero-order valence-electron chi connectivity index (χ0n) is 12.9. The number of nitrogens with one attached hydrogen (secondary N) is 1. The van der Waals surface area contributed by atoms with Crippen LogP contribution in [0.1, 0.15) is 33.0 Å². The van der Waals surface area contributed by atoms with Crippen LogP contribution in [-0.2, 0) is 11.2 Å². The van der Waals surface area contributed by atoms with E-state index in [2.05, 4.69) is 22.4 Å². The van der Waals surface area contributed by atoms with Gasteiger partial charge in [-0.15, -0.1) is 22.7 Å². The summed E-state index contributed by atoms with van der Waals surface area (Å²) < 4.78 is 0. The van der Waals surface area contributed by atoms with Crippen LogP contribution >= 0.6 is 22.7 Å². The molecule has 6 heteroatoms. The number of carbonyl (C=O) groups excluding carboxylic acids is 2. The number of Topliss-reactive ketones (excluding diaryl/α,β-unsaturated/α-hetero) is 1. The third kappa shape index (κ3) is 4.59. The van der Waals surface area contributed by atoms with Gasteiger partial charge in [0.1, 0.15) is 0 Å². The van der Waals surface area contributed by atoms with Crippen molar-refractivity contribution in [3.8, 4) is 0 Å². The van der Waals surface area contributed by atoms with E-state index in [0.717, 1.165) is 11.3 Å². The van der Waals surface area contributed by atoms with Gasteiger partial charge >= 0.3 is 0 Å². The van der Waals surface area contributed by atoms with Gasteiger partial charge in [-0.3, -0.25) is 9.59 Å². The van der Waals surface area contributed by atoms with E-state index in [0.29, 0.717) is 10.0 Å². The Morgan fingerprint density at radius 2 is 1.88 bits per heavy atom. The highest BCUT2D eigenvalue weighted by atomic mass is 32.1. The predicted molar refractivity (Wildman–Crippen MR) is 97.9 cm³/mol. The van der Waals surface area contributed by atoms with E-state index in [9.17, 15) is 9.59 Å². The summed E-state index contributed by atoms with van der Waals surface area (Å²) in [7, 11) is 0. The molecule has 3 rings (SSSR count). The minimum atomic E-state index is -0.180. The van der Waals surface area contributed by atoms with E-state index in [-0.39, 0.29) is 24.5 Å². The predicted octanol–water partition coefficient (Wildman–Crippen LogP) is 4.40. The number of benzene rings is 1. The van der Waals surface area contributed by atoms with Gasteiger partial charge in [-0.05, 0) is 17.0 Å². The summed E-state index contributed by atoms with van der Waals surface area (Å²) in [6.45, 7) is 0. The summed E-state index contributed by atoms with van der Waals surface area (Å²) in [5.41, 5.74) is 1.21. The summed E-state index contributed by atoms with van der Waals surface area (Å²) in [5, 5.41) is 5.20. The molecule has 0 bridgehead atoms. The van der Waals surface area contributed by atoms with Gasteiger partial charge in [-0.25, -0.2) is 4.98 Å². The molecule has 0 fully saturated rings. The first-order chi connectivity index (χ1) is 11.7. The quantitative estimate of drug-likeness (QED) is 0.639. The standard InChI is InChI=1S/C18H16N2O2S2/c21-15(16-7-4-10-23-16)8-9-17(22)20-18-19-12-14(24-18)11-13-5-2-1-3-6-13/h1-7,10,12H,8-9,11H2,(H,19,20,22). The van der Waals surface area contributed by atoms with Gasteiger partial charge in [0.2, 0.25) is 5.91 Å². The smallest absolute Gasteiger partial charge is 0.226 e. The van der Waals surface area contributed by atoms with Gasteiger partial charge in [0.05, 0.1) is 4.88 Å². The molecule has 0 aliphatic heterocycles. The molecule has 1 amide bonds. The zero-order valence-corrected chi connectivity index (χ0v) is 14.5. The minimum Gasteiger partial charge on any atom is -0.302 e. The van der Waals surface area contributed by atoms with Crippen LogP contribution in [-0.4, -0.2) is 16.7 Å². The maximum absolute atomic E-state index is 12.0. The number of carbonyl (C=O) groups is 2. The number of anilines is 1. The first-order valence-electron chi connectivity index (χ1n) is 7.56. The van der Waals surface area contributed by atoms with Crippen molar-refractivity contribution in [2.75, 3.05) is 5.32 Å². The fourth-order valence-electron chi connectivity index (χ4n) is 2.21. The lowest BCUT2D eigenvalue weighted by Gasteiger charge is -2.00. The largest absolute Gasteiger partial charge is 0.302 e. The Hall–Kier alpha value is -2.31. The molecule has 0 radical (unpaired) electrons. The molecule has 1 aromatic carbocycles. The Morgan fingerprint density at radius 3 is 2.62 bits per heavy atom. The molecule has 0 aliphatic rings. The van der Waals surface area contributed by atoms with E-state index >= 15 is 0 Å². The van der Waals surface area contributed by atoms with Crippen LogP contribution in [0.15, 0.2) is 54.0 Å². The summed E-state index contributed by atoms with van der Waals surface area (Å²) in [4.78, 5) is 29.9. The van der Waals surface area contributed by atoms with E-state index in [1.807, 2.05) is 29.6 Å². The van der Waals surface area contributed by atoms with Crippen LogP contribution in [0.3, 0.4) is 0 Å². The molecule has 4 nitrogen and oxygen atoms in total. The van der Waals surface area contributed by atoms with E-state index in [4.69, 9.17) is 0 Å². The van der Waals surface area contributed by atoms with Gasteiger partial charge in [0, 0.05) is 30.3 Å². The molecule has 1 N–H and O–H groups in total.